The SMILES string of the molecule is CC(C)C[C@H](N[C@@H](Cc1coc(Cc2ccccc2)n1)C(=O)O)C(=O)O. The van der Waals surface area contributed by atoms with Gasteiger partial charge in [0.2, 0.25) is 0 Å². The van der Waals surface area contributed by atoms with E-state index < -0.39 is 24.0 Å². The minimum Gasteiger partial charge on any atom is -0.480 e. The molecular formula is C19H24N2O5. The van der Waals surface area contributed by atoms with Crippen molar-refractivity contribution in [3.63, 3.8) is 0 Å². The summed E-state index contributed by atoms with van der Waals surface area (Å²) in [6.07, 6.45) is 2.33. The summed E-state index contributed by atoms with van der Waals surface area (Å²) < 4.78 is 5.42. The van der Waals surface area contributed by atoms with E-state index in [-0.39, 0.29) is 12.3 Å². The molecule has 7 heteroatoms. The number of hydrogen-bond donors (Lipinski definition) is 3. The van der Waals surface area contributed by atoms with Gasteiger partial charge in [-0.05, 0) is 17.9 Å². The predicted molar refractivity (Wildman–Crippen MR) is 94.9 cm³/mol. The summed E-state index contributed by atoms with van der Waals surface area (Å²) >= 11 is 0. The molecule has 26 heavy (non-hydrogen) atoms. The Bertz CT molecular complexity index is 727. The summed E-state index contributed by atoms with van der Waals surface area (Å²) in [5, 5.41) is 21.4. The van der Waals surface area contributed by atoms with Gasteiger partial charge in [-0.15, -0.1) is 0 Å². The highest BCUT2D eigenvalue weighted by atomic mass is 16.4. The lowest BCUT2D eigenvalue weighted by atomic mass is 10.0. The molecule has 1 heterocycles. The van der Waals surface area contributed by atoms with Crippen molar-refractivity contribution in [1.82, 2.24) is 10.3 Å². The zero-order chi connectivity index (χ0) is 19.1. The maximum atomic E-state index is 11.5. The van der Waals surface area contributed by atoms with Crippen molar-refractivity contribution in [2.75, 3.05) is 0 Å². The molecule has 7 nitrogen and oxygen atoms in total. The number of carboxylic acids is 2. The predicted octanol–water partition coefficient (Wildman–Crippen LogP) is 2.35. The third-order valence-electron chi connectivity index (χ3n) is 3.92. The molecule has 2 aromatic rings. The van der Waals surface area contributed by atoms with Crippen LogP contribution in [0.15, 0.2) is 41.0 Å². The lowest BCUT2D eigenvalue weighted by Gasteiger charge is -2.21. The molecular weight excluding hydrogens is 336 g/mol. The van der Waals surface area contributed by atoms with Crippen molar-refractivity contribution in [2.45, 2.75) is 45.2 Å². The molecule has 0 spiro atoms. The Hall–Kier alpha value is -2.67. The minimum absolute atomic E-state index is 0.0511. The molecule has 0 saturated heterocycles. The van der Waals surface area contributed by atoms with Gasteiger partial charge in [0.05, 0.1) is 5.69 Å². The molecule has 0 aliphatic carbocycles. The normalized spacial score (nSPS) is 13.5. The van der Waals surface area contributed by atoms with E-state index in [1.54, 1.807) is 0 Å². The van der Waals surface area contributed by atoms with E-state index in [1.807, 2.05) is 44.2 Å². The Kier molecular flexibility index (Phi) is 6.91. The van der Waals surface area contributed by atoms with Gasteiger partial charge >= 0.3 is 11.9 Å². The molecule has 3 N–H and O–H groups in total. The van der Waals surface area contributed by atoms with Crippen LogP contribution in [0.3, 0.4) is 0 Å². The van der Waals surface area contributed by atoms with E-state index in [1.165, 1.54) is 6.26 Å². The topological polar surface area (TPSA) is 113 Å². The van der Waals surface area contributed by atoms with Crippen LogP contribution in [0.2, 0.25) is 0 Å². The minimum atomic E-state index is -1.12. The fourth-order valence-corrected chi connectivity index (χ4v) is 2.68. The van der Waals surface area contributed by atoms with Crippen LogP contribution in [0.5, 0.6) is 0 Å². The van der Waals surface area contributed by atoms with E-state index in [9.17, 15) is 19.8 Å². The summed E-state index contributed by atoms with van der Waals surface area (Å²) in [6, 6.07) is 7.69. The molecule has 0 aliphatic rings. The summed E-state index contributed by atoms with van der Waals surface area (Å²) in [4.78, 5) is 27.2. The van der Waals surface area contributed by atoms with E-state index in [4.69, 9.17) is 4.42 Å². The third-order valence-corrected chi connectivity index (χ3v) is 3.92. The number of aliphatic carboxylic acids is 2. The Labute approximate surface area is 152 Å². The van der Waals surface area contributed by atoms with Crippen LogP contribution in [0.1, 0.15) is 37.4 Å². The van der Waals surface area contributed by atoms with Crippen molar-refractivity contribution >= 4 is 11.9 Å². The van der Waals surface area contributed by atoms with Gasteiger partial charge in [-0.2, -0.15) is 0 Å². The van der Waals surface area contributed by atoms with Gasteiger partial charge in [-0.3, -0.25) is 14.9 Å². The first kappa shape index (κ1) is 19.7. The number of hydrogen-bond acceptors (Lipinski definition) is 5. The van der Waals surface area contributed by atoms with Crippen molar-refractivity contribution in [3.05, 3.63) is 53.7 Å². The summed E-state index contributed by atoms with van der Waals surface area (Å²) in [5.41, 5.74) is 1.52. The highest BCUT2D eigenvalue weighted by Crippen LogP contribution is 2.12. The van der Waals surface area contributed by atoms with Crippen LogP contribution in [0.25, 0.3) is 0 Å². The molecule has 1 aromatic heterocycles. The van der Waals surface area contributed by atoms with E-state index >= 15 is 0 Å². The molecule has 2 rings (SSSR count). The van der Waals surface area contributed by atoms with Crippen LogP contribution in [0.4, 0.5) is 0 Å². The maximum absolute atomic E-state index is 11.5. The largest absolute Gasteiger partial charge is 0.480 e. The summed E-state index contributed by atoms with van der Waals surface area (Å²) in [6.45, 7) is 3.78. The average Bonchev–Trinajstić information content (AvgIpc) is 3.00. The first-order valence-corrected chi connectivity index (χ1v) is 8.54. The molecule has 0 unspecified atom stereocenters. The van der Waals surface area contributed by atoms with Gasteiger partial charge in [0.15, 0.2) is 5.89 Å². The zero-order valence-electron chi connectivity index (χ0n) is 14.9. The quantitative estimate of drug-likeness (QED) is 0.596. The number of nitrogens with zero attached hydrogens (tertiary/aromatic N) is 1. The molecule has 0 amide bonds. The number of benzene rings is 1. The molecule has 0 radical (unpaired) electrons. The second kappa shape index (κ2) is 9.15. The van der Waals surface area contributed by atoms with Crippen molar-refractivity contribution < 1.29 is 24.2 Å². The Balaban J connectivity index is 2.03. The molecule has 1 aromatic carbocycles. The highest BCUT2D eigenvalue weighted by molar-refractivity contribution is 5.77. The number of aromatic nitrogens is 1. The number of carboxylic acid groups (broad SMARTS) is 2. The lowest BCUT2D eigenvalue weighted by Crippen LogP contribution is -2.48. The number of carbonyl (C=O) groups is 2. The number of rotatable bonds is 10. The first-order chi connectivity index (χ1) is 12.3. The second-order valence-electron chi connectivity index (χ2n) is 6.68. The average molecular weight is 360 g/mol. The van der Waals surface area contributed by atoms with E-state index in [2.05, 4.69) is 10.3 Å². The zero-order valence-corrected chi connectivity index (χ0v) is 14.9. The van der Waals surface area contributed by atoms with Gasteiger partial charge in [-0.1, -0.05) is 44.2 Å². The molecule has 0 saturated carbocycles. The van der Waals surface area contributed by atoms with Crippen LogP contribution >= 0.6 is 0 Å². The van der Waals surface area contributed by atoms with Crippen LogP contribution in [-0.2, 0) is 22.4 Å². The van der Waals surface area contributed by atoms with Gasteiger partial charge in [0, 0.05) is 12.8 Å². The van der Waals surface area contributed by atoms with Gasteiger partial charge in [0.25, 0.3) is 0 Å². The van der Waals surface area contributed by atoms with Crippen molar-refractivity contribution in [3.8, 4) is 0 Å². The first-order valence-electron chi connectivity index (χ1n) is 8.54. The lowest BCUT2D eigenvalue weighted by molar-refractivity contribution is -0.142. The Morgan fingerprint density at radius 2 is 1.77 bits per heavy atom. The Morgan fingerprint density at radius 1 is 1.12 bits per heavy atom. The van der Waals surface area contributed by atoms with Crippen molar-refractivity contribution in [1.29, 1.82) is 0 Å². The number of oxazole rings is 1. The molecule has 2 atom stereocenters. The van der Waals surface area contributed by atoms with Gasteiger partial charge in [-0.25, -0.2) is 4.98 Å². The van der Waals surface area contributed by atoms with Gasteiger partial charge in [0.1, 0.15) is 18.3 Å². The van der Waals surface area contributed by atoms with Crippen LogP contribution in [-0.4, -0.2) is 39.2 Å². The number of nitrogens with one attached hydrogen (secondary N) is 1. The van der Waals surface area contributed by atoms with Crippen LogP contribution < -0.4 is 5.32 Å². The summed E-state index contributed by atoms with van der Waals surface area (Å²) in [7, 11) is 0. The molecule has 140 valence electrons. The monoisotopic (exact) mass is 360 g/mol. The fraction of sp³-hybridized carbons (Fsp3) is 0.421. The van der Waals surface area contributed by atoms with Crippen LogP contribution in [0, 0.1) is 5.92 Å². The maximum Gasteiger partial charge on any atom is 0.321 e. The second-order valence-corrected chi connectivity index (χ2v) is 6.68. The highest BCUT2D eigenvalue weighted by Gasteiger charge is 2.27. The Morgan fingerprint density at radius 3 is 2.35 bits per heavy atom. The van der Waals surface area contributed by atoms with E-state index in [0.717, 1.165) is 5.56 Å². The molecule has 0 bridgehead atoms. The fourth-order valence-electron chi connectivity index (χ4n) is 2.68. The summed E-state index contributed by atoms with van der Waals surface area (Å²) in [5.74, 6) is -1.56. The standard InChI is InChI=1S/C19H24N2O5/c1-12(2)8-15(18(22)23)21-16(19(24)25)10-14-11-26-17(20-14)9-13-6-4-3-5-7-13/h3-7,11-12,15-16,21H,8-10H2,1-2H3,(H,22,23)(H,24,25)/t15-,16-/m0/s1. The van der Waals surface area contributed by atoms with E-state index in [0.29, 0.717) is 24.4 Å². The van der Waals surface area contributed by atoms with Crippen molar-refractivity contribution in [2.24, 2.45) is 5.92 Å². The smallest absolute Gasteiger partial charge is 0.321 e. The molecule has 0 aliphatic heterocycles. The third kappa shape index (κ3) is 6.00. The van der Waals surface area contributed by atoms with Gasteiger partial charge < -0.3 is 14.6 Å². The molecule has 0 fully saturated rings.